The number of halogens is 1. The molecule has 1 saturated heterocycles. The number of likely N-dealkylation sites (tertiary alicyclic amines) is 1. The molecule has 0 aromatic heterocycles. The minimum absolute atomic E-state index is 0.0710. The molecule has 2 aromatic carbocycles. The number of hydrogen-bond donors (Lipinski definition) is 2. The van der Waals surface area contributed by atoms with Crippen LogP contribution in [0.4, 0.5) is 4.39 Å². The molecular formula is C22H27FN2O3. The lowest BCUT2D eigenvalue weighted by atomic mass is 9.84. The van der Waals surface area contributed by atoms with Crippen LogP contribution in [0.25, 0.3) is 0 Å². The highest BCUT2D eigenvalue weighted by Crippen LogP contribution is 2.33. The number of piperidine rings is 1. The number of nitrogens with one attached hydrogen (secondary N) is 1. The number of amides is 1. The summed E-state index contributed by atoms with van der Waals surface area (Å²) in [6.45, 7) is 2.85. The molecule has 1 amide bonds. The van der Waals surface area contributed by atoms with Gasteiger partial charge in [-0.05, 0) is 48.2 Å². The van der Waals surface area contributed by atoms with Crippen molar-refractivity contribution in [2.75, 3.05) is 33.3 Å². The molecule has 6 heteroatoms. The monoisotopic (exact) mass is 386 g/mol. The highest BCUT2D eigenvalue weighted by Gasteiger charge is 2.33. The van der Waals surface area contributed by atoms with E-state index < -0.39 is 5.60 Å². The average Bonchev–Trinajstić information content (AvgIpc) is 2.71. The van der Waals surface area contributed by atoms with E-state index in [-0.39, 0.29) is 18.1 Å². The van der Waals surface area contributed by atoms with Gasteiger partial charge in [-0.3, -0.25) is 4.79 Å². The normalized spacial score (nSPS) is 16.5. The first-order valence-electron chi connectivity index (χ1n) is 9.59. The molecule has 0 atom stereocenters. The Morgan fingerprint density at radius 1 is 1.14 bits per heavy atom. The zero-order valence-electron chi connectivity index (χ0n) is 16.2. The maximum Gasteiger partial charge on any atom is 0.224 e. The third-order valence-electron chi connectivity index (χ3n) is 5.34. The molecule has 28 heavy (non-hydrogen) atoms. The van der Waals surface area contributed by atoms with Gasteiger partial charge in [-0.25, -0.2) is 4.39 Å². The zero-order valence-corrected chi connectivity index (χ0v) is 16.2. The molecule has 0 aliphatic carbocycles. The SMILES string of the molecule is COc1ccc(C2(O)CCN(CCNC(=O)Cc3ccc(F)cc3)CC2)cc1. The van der Waals surface area contributed by atoms with Gasteiger partial charge in [0.05, 0.1) is 19.1 Å². The van der Waals surface area contributed by atoms with Crippen molar-refractivity contribution in [2.24, 2.45) is 0 Å². The lowest BCUT2D eigenvalue weighted by Gasteiger charge is -2.38. The van der Waals surface area contributed by atoms with Crippen molar-refractivity contribution >= 4 is 5.91 Å². The van der Waals surface area contributed by atoms with E-state index in [4.69, 9.17) is 4.74 Å². The molecule has 150 valence electrons. The lowest BCUT2D eigenvalue weighted by molar-refractivity contribution is -0.120. The Morgan fingerprint density at radius 2 is 1.79 bits per heavy atom. The van der Waals surface area contributed by atoms with Gasteiger partial charge >= 0.3 is 0 Å². The predicted molar refractivity (Wildman–Crippen MR) is 106 cm³/mol. The number of carbonyl (C=O) groups is 1. The summed E-state index contributed by atoms with van der Waals surface area (Å²) in [7, 11) is 1.63. The van der Waals surface area contributed by atoms with Gasteiger partial charge in [-0.15, -0.1) is 0 Å². The molecule has 2 N–H and O–H groups in total. The number of benzene rings is 2. The third-order valence-corrected chi connectivity index (χ3v) is 5.34. The molecule has 2 aromatic rings. The number of carbonyl (C=O) groups excluding carboxylic acids is 1. The fourth-order valence-corrected chi connectivity index (χ4v) is 3.54. The van der Waals surface area contributed by atoms with E-state index in [0.717, 1.165) is 36.5 Å². The fraction of sp³-hybridized carbons (Fsp3) is 0.409. The Labute approximate surface area is 165 Å². The Morgan fingerprint density at radius 3 is 2.39 bits per heavy atom. The van der Waals surface area contributed by atoms with Crippen LogP contribution in [0.2, 0.25) is 0 Å². The quantitative estimate of drug-likeness (QED) is 0.768. The van der Waals surface area contributed by atoms with Gasteiger partial charge < -0.3 is 20.1 Å². The second-order valence-corrected chi connectivity index (χ2v) is 7.25. The van der Waals surface area contributed by atoms with Crippen LogP contribution in [0.1, 0.15) is 24.0 Å². The van der Waals surface area contributed by atoms with Crippen molar-refractivity contribution in [3.63, 3.8) is 0 Å². The molecule has 0 saturated carbocycles. The second kappa shape index (κ2) is 9.17. The molecule has 5 nitrogen and oxygen atoms in total. The molecule has 0 radical (unpaired) electrons. The maximum absolute atomic E-state index is 12.9. The van der Waals surface area contributed by atoms with Gasteiger partial charge in [-0.2, -0.15) is 0 Å². The summed E-state index contributed by atoms with van der Waals surface area (Å²) in [6.07, 6.45) is 1.56. The summed E-state index contributed by atoms with van der Waals surface area (Å²) in [5.74, 6) is 0.406. The molecule has 1 aliphatic rings. The van der Waals surface area contributed by atoms with Gasteiger partial charge in [-0.1, -0.05) is 24.3 Å². The summed E-state index contributed by atoms with van der Waals surface area (Å²) in [5, 5.41) is 13.9. The highest BCUT2D eigenvalue weighted by atomic mass is 19.1. The van der Waals surface area contributed by atoms with Crippen molar-refractivity contribution in [1.82, 2.24) is 10.2 Å². The zero-order chi connectivity index (χ0) is 20.0. The summed E-state index contributed by atoms with van der Waals surface area (Å²) < 4.78 is 18.1. The van der Waals surface area contributed by atoms with Crippen LogP contribution in [-0.2, 0) is 16.8 Å². The maximum atomic E-state index is 12.9. The Hall–Kier alpha value is -2.44. The number of nitrogens with zero attached hydrogens (tertiary/aromatic N) is 1. The molecule has 3 rings (SSSR count). The topological polar surface area (TPSA) is 61.8 Å². The largest absolute Gasteiger partial charge is 0.497 e. The van der Waals surface area contributed by atoms with Gasteiger partial charge in [0.2, 0.25) is 5.91 Å². The first kappa shape index (κ1) is 20.3. The number of aliphatic hydroxyl groups is 1. The molecular weight excluding hydrogens is 359 g/mol. The van der Waals surface area contributed by atoms with Crippen LogP contribution in [0.5, 0.6) is 5.75 Å². The van der Waals surface area contributed by atoms with Crippen LogP contribution in [0, 0.1) is 5.82 Å². The summed E-state index contributed by atoms with van der Waals surface area (Å²) in [4.78, 5) is 14.3. The Bertz CT molecular complexity index is 769. The van der Waals surface area contributed by atoms with Crippen LogP contribution in [0.15, 0.2) is 48.5 Å². The fourth-order valence-electron chi connectivity index (χ4n) is 3.54. The Kier molecular flexibility index (Phi) is 6.65. The minimum Gasteiger partial charge on any atom is -0.497 e. The van der Waals surface area contributed by atoms with E-state index in [0.29, 0.717) is 19.4 Å². The smallest absolute Gasteiger partial charge is 0.224 e. The Balaban J connectivity index is 1.40. The first-order chi connectivity index (χ1) is 13.5. The van der Waals surface area contributed by atoms with E-state index in [1.807, 2.05) is 24.3 Å². The summed E-state index contributed by atoms with van der Waals surface area (Å²) in [5.41, 5.74) is 0.899. The van der Waals surface area contributed by atoms with E-state index in [1.54, 1.807) is 19.2 Å². The summed E-state index contributed by atoms with van der Waals surface area (Å²) in [6, 6.07) is 13.6. The molecule has 0 bridgehead atoms. The first-order valence-corrected chi connectivity index (χ1v) is 9.59. The molecule has 1 aliphatic heterocycles. The number of rotatable bonds is 7. The number of ether oxygens (including phenoxy) is 1. The average molecular weight is 386 g/mol. The molecule has 0 spiro atoms. The summed E-state index contributed by atoms with van der Waals surface area (Å²) >= 11 is 0. The van der Waals surface area contributed by atoms with Gasteiger partial charge in [0.25, 0.3) is 0 Å². The minimum atomic E-state index is -0.811. The van der Waals surface area contributed by atoms with Crippen LogP contribution in [-0.4, -0.2) is 49.2 Å². The molecule has 1 heterocycles. The van der Waals surface area contributed by atoms with Crippen molar-refractivity contribution in [3.8, 4) is 5.75 Å². The molecule has 0 unspecified atom stereocenters. The van der Waals surface area contributed by atoms with E-state index >= 15 is 0 Å². The number of hydrogen-bond acceptors (Lipinski definition) is 4. The van der Waals surface area contributed by atoms with Gasteiger partial charge in [0, 0.05) is 26.2 Å². The van der Waals surface area contributed by atoms with Crippen LogP contribution >= 0.6 is 0 Å². The molecule has 1 fully saturated rings. The van der Waals surface area contributed by atoms with Crippen molar-refractivity contribution < 1.29 is 19.0 Å². The van der Waals surface area contributed by atoms with E-state index in [1.165, 1.54) is 12.1 Å². The predicted octanol–water partition coefficient (Wildman–Crippen LogP) is 2.48. The van der Waals surface area contributed by atoms with Gasteiger partial charge in [0.15, 0.2) is 0 Å². The van der Waals surface area contributed by atoms with Crippen molar-refractivity contribution in [1.29, 1.82) is 0 Å². The van der Waals surface area contributed by atoms with Crippen LogP contribution in [0.3, 0.4) is 0 Å². The third kappa shape index (κ3) is 5.30. The van der Waals surface area contributed by atoms with Crippen molar-refractivity contribution in [2.45, 2.75) is 24.9 Å². The second-order valence-electron chi connectivity index (χ2n) is 7.25. The highest BCUT2D eigenvalue weighted by molar-refractivity contribution is 5.78. The van der Waals surface area contributed by atoms with Crippen LogP contribution < -0.4 is 10.1 Å². The van der Waals surface area contributed by atoms with Crippen molar-refractivity contribution in [3.05, 3.63) is 65.5 Å². The standard InChI is InChI=1S/C22H27FN2O3/c1-28-20-8-4-18(5-9-20)22(27)10-13-25(14-11-22)15-12-24-21(26)16-17-2-6-19(23)7-3-17/h2-9,27H,10-16H2,1H3,(H,24,26). The lowest BCUT2D eigenvalue weighted by Crippen LogP contribution is -2.45. The van der Waals surface area contributed by atoms with E-state index in [9.17, 15) is 14.3 Å². The number of methoxy groups -OCH3 is 1. The van der Waals surface area contributed by atoms with Gasteiger partial charge in [0.1, 0.15) is 11.6 Å². The van der Waals surface area contributed by atoms with E-state index in [2.05, 4.69) is 10.2 Å².